The number of hydrogen-bond acceptors (Lipinski definition) is 4. The van der Waals surface area contributed by atoms with Crippen molar-refractivity contribution < 1.29 is 14.6 Å². The number of ether oxygens (including phenoxy) is 2. The number of aliphatic hydroxyl groups is 1. The minimum Gasteiger partial charge on any atom is -0.396 e. The molecule has 3 atom stereocenters. The Morgan fingerprint density at radius 3 is 2.94 bits per heavy atom. The minimum absolute atomic E-state index is 0.320. The molecule has 1 aliphatic carbocycles. The van der Waals surface area contributed by atoms with Gasteiger partial charge >= 0.3 is 0 Å². The number of aliphatic hydroxyl groups excluding tert-OH is 1. The molecular formula is C14H27NO3. The zero-order valence-electron chi connectivity index (χ0n) is 11.5. The topological polar surface area (TPSA) is 41.9 Å². The first kappa shape index (κ1) is 14.3. The number of fused-ring (bicyclic) bond motifs is 1. The van der Waals surface area contributed by atoms with Gasteiger partial charge in [0.2, 0.25) is 0 Å². The number of hydrogen-bond donors (Lipinski definition) is 1. The summed E-state index contributed by atoms with van der Waals surface area (Å²) in [6.07, 6.45) is 7.45. The smallest absolute Gasteiger partial charge is 0.0732 e. The zero-order chi connectivity index (χ0) is 12.8. The Kier molecular flexibility index (Phi) is 5.89. The number of unbranched alkanes of at least 4 members (excludes halogenated alkanes) is 2. The lowest BCUT2D eigenvalue weighted by Crippen LogP contribution is -2.55. The third-order valence-electron chi connectivity index (χ3n) is 4.32. The van der Waals surface area contributed by atoms with E-state index in [2.05, 4.69) is 4.90 Å². The van der Waals surface area contributed by atoms with Gasteiger partial charge in [-0.2, -0.15) is 0 Å². The fourth-order valence-electron chi connectivity index (χ4n) is 3.24. The van der Waals surface area contributed by atoms with Gasteiger partial charge in [0.25, 0.3) is 0 Å². The molecule has 0 amide bonds. The molecule has 1 saturated heterocycles. The van der Waals surface area contributed by atoms with Gasteiger partial charge in [-0.05, 0) is 45.1 Å². The van der Waals surface area contributed by atoms with Gasteiger partial charge in [-0.25, -0.2) is 0 Å². The maximum absolute atomic E-state index is 8.81. The summed E-state index contributed by atoms with van der Waals surface area (Å²) in [5, 5.41) is 8.81. The van der Waals surface area contributed by atoms with Crippen LogP contribution in [0.2, 0.25) is 0 Å². The van der Waals surface area contributed by atoms with Crippen LogP contribution in [0.25, 0.3) is 0 Å². The predicted octanol–water partition coefficient (Wildman–Crippen LogP) is 1.42. The van der Waals surface area contributed by atoms with Crippen molar-refractivity contribution in [1.82, 2.24) is 4.90 Å². The lowest BCUT2D eigenvalue weighted by atomic mass is 9.88. The molecule has 1 N–H and O–H groups in total. The van der Waals surface area contributed by atoms with E-state index in [1.165, 1.54) is 6.42 Å². The van der Waals surface area contributed by atoms with Gasteiger partial charge in [-0.1, -0.05) is 0 Å². The van der Waals surface area contributed by atoms with E-state index in [9.17, 15) is 0 Å². The highest BCUT2D eigenvalue weighted by molar-refractivity contribution is 4.90. The number of nitrogens with zero attached hydrogens (tertiary/aromatic N) is 1. The van der Waals surface area contributed by atoms with Gasteiger partial charge in [0.05, 0.1) is 18.8 Å². The Hall–Kier alpha value is -0.160. The van der Waals surface area contributed by atoms with Crippen LogP contribution >= 0.6 is 0 Å². The normalized spacial score (nSPS) is 33.3. The van der Waals surface area contributed by atoms with E-state index < -0.39 is 0 Å². The average molecular weight is 257 g/mol. The first-order chi connectivity index (χ1) is 8.85. The highest BCUT2D eigenvalue weighted by Gasteiger charge is 2.37. The molecule has 2 fully saturated rings. The molecule has 4 heteroatoms. The standard InChI is InChI=1S/C14H27NO3/c1-17-12-5-6-14-13(11-12)15(8-10-18-14)7-3-2-4-9-16/h12-14,16H,2-11H2,1H3/t12-,13+,14+/m1/s1. The minimum atomic E-state index is 0.320. The predicted molar refractivity (Wildman–Crippen MR) is 70.7 cm³/mol. The van der Waals surface area contributed by atoms with Crippen LogP contribution in [0.3, 0.4) is 0 Å². The molecule has 1 saturated carbocycles. The summed E-state index contributed by atoms with van der Waals surface area (Å²) in [6, 6.07) is 0.548. The molecule has 0 radical (unpaired) electrons. The molecule has 0 aromatic heterocycles. The molecule has 2 rings (SSSR count). The van der Waals surface area contributed by atoms with Gasteiger partial charge in [0.1, 0.15) is 0 Å². The van der Waals surface area contributed by atoms with Crippen molar-refractivity contribution in [2.45, 2.75) is 56.8 Å². The Morgan fingerprint density at radius 1 is 1.28 bits per heavy atom. The molecule has 0 bridgehead atoms. The molecule has 0 aromatic rings. The molecule has 0 unspecified atom stereocenters. The zero-order valence-corrected chi connectivity index (χ0v) is 11.5. The molecular weight excluding hydrogens is 230 g/mol. The van der Waals surface area contributed by atoms with E-state index in [1.807, 2.05) is 7.11 Å². The summed E-state index contributed by atoms with van der Waals surface area (Å²) in [7, 11) is 1.82. The lowest BCUT2D eigenvalue weighted by Gasteiger charge is -2.45. The van der Waals surface area contributed by atoms with E-state index in [1.54, 1.807) is 0 Å². The van der Waals surface area contributed by atoms with Crippen molar-refractivity contribution in [2.24, 2.45) is 0 Å². The van der Waals surface area contributed by atoms with E-state index in [4.69, 9.17) is 14.6 Å². The van der Waals surface area contributed by atoms with Gasteiger partial charge < -0.3 is 14.6 Å². The van der Waals surface area contributed by atoms with Crippen LogP contribution in [0.15, 0.2) is 0 Å². The average Bonchev–Trinajstić information content (AvgIpc) is 2.43. The summed E-state index contributed by atoms with van der Waals surface area (Å²) < 4.78 is 11.4. The van der Waals surface area contributed by atoms with Crippen molar-refractivity contribution >= 4 is 0 Å². The first-order valence-corrected chi connectivity index (χ1v) is 7.34. The van der Waals surface area contributed by atoms with Gasteiger partial charge in [-0.15, -0.1) is 0 Å². The second-order valence-electron chi connectivity index (χ2n) is 5.47. The largest absolute Gasteiger partial charge is 0.396 e. The van der Waals surface area contributed by atoms with Crippen molar-refractivity contribution in [3.63, 3.8) is 0 Å². The van der Waals surface area contributed by atoms with E-state index in [-0.39, 0.29) is 0 Å². The Labute approximate surface area is 110 Å². The van der Waals surface area contributed by atoms with Crippen LogP contribution in [0.5, 0.6) is 0 Å². The molecule has 0 aromatic carbocycles. The molecule has 2 aliphatic rings. The molecule has 4 nitrogen and oxygen atoms in total. The van der Waals surface area contributed by atoms with Crippen molar-refractivity contribution in [1.29, 1.82) is 0 Å². The number of rotatable bonds is 6. The monoisotopic (exact) mass is 257 g/mol. The summed E-state index contributed by atoms with van der Waals surface area (Å²) in [6.45, 7) is 3.39. The van der Waals surface area contributed by atoms with Crippen LogP contribution in [0, 0.1) is 0 Å². The van der Waals surface area contributed by atoms with Gasteiger partial charge in [0, 0.05) is 26.3 Å². The van der Waals surface area contributed by atoms with Crippen molar-refractivity contribution in [3.05, 3.63) is 0 Å². The highest BCUT2D eigenvalue weighted by atomic mass is 16.5. The van der Waals surface area contributed by atoms with Crippen LogP contribution in [0.1, 0.15) is 38.5 Å². The number of methoxy groups -OCH3 is 1. The molecule has 106 valence electrons. The van der Waals surface area contributed by atoms with Crippen LogP contribution < -0.4 is 0 Å². The molecule has 0 spiro atoms. The third-order valence-corrected chi connectivity index (χ3v) is 4.32. The second kappa shape index (κ2) is 7.43. The summed E-state index contributed by atoms with van der Waals surface area (Å²) in [4.78, 5) is 2.58. The van der Waals surface area contributed by atoms with Crippen molar-refractivity contribution in [3.8, 4) is 0 Å². The maximum atomic E-state index is 8.81. The van der Waals surface area contributed by atoms with E-state index in [0.29, 0.717) is 24.9 Å². The Balaban J connectivity index is 1.80. The van der Waals surface area contributed by atoms with Crippen LogP contribution in [-0.2, 0) is 9.47 Å². The third kappa shape index (κ3) is 3.67. The van der Waals surface area contributed by atoms with Gasteiger partial charge in [-0.3, -0.25) is 4.90 Å². The quantitative estimate of drug-likeness (QED) is 0.731. The SMILES string of the molecule is CO[C@@H]1CC[C@@H]2OCCN(CCCCCO)[C@H]2C1. The van der Waals surface area contributed by atoms with Crippen LogP contribution in [-0.4, -0.2) is 61.7 Å². The lowest BCUT2D eigenvalue weighted by molar-refractivity contribution is -0.113. The van der Waals surface area contributed by atoms with E-state index >= 15 is 0 Å². The van der Waals surface area contributed by atoms with Crippen molar-refractivity contribution in [2.75, 3.05) is 33.4 Å². The maximum Gasteiger partial charge on any atom is 0.0732 e. The van der Waals surface area contributed by atoms with E-state index in [0.717, 1.165) is 51.8 Å². The van der Waals surface area contributed by atoms with Crippen LogP contribution in [0.4, 0.5) is 0 Å². The Bertz CT molecular complexity index is 237. The fourth-order valence-corrected chi connectivity index (χ4v) is 3.24. The molecule has 1 aliphatic heterocycles. The fraction of sp³-hybridized carbons (Fsp3) is 1.00. The summed E-state index contributed by atoms with van der Waals surface area (Å²) >= 11 is 0. The highest BCUT2D eigenvalue weighted by Crippen LogP contribution is 2.30. The number of morpholine rings is 1. The Morgan fingerprint density at radius 2 is 2.17 bits per heavy atom. The molecule has 1 heterocycles. The molecule has 18 heavy (non-hydrogen) atoms. The summed E-state index contributed by atoms with van der Waals surface area (Å²) in [5.41, 5.74) is 0. The van der Waals surface area contributed by atoms with Gasteiger partial charge in [0.15, 0.2) is 0 Å². The second-order valence-corrected chi connectivity index (χ2v) is 5.47. The summed E-state index contributed by atoms with van der Waals surface area (Å²) in [5.74, 6) is 0. The first-order valence-electron chi connectivity index (χ1n) is 7.34.